The van der Waals surface area contributed by atoms with Crippen molar-refractivity contribution in [2.45, 2.75) is 44.1 Å². The number of nitriles is 1. The van der Waals surface area contributed by atoms with Crippen molar-refractivity contribution in [1.82, 2.24) is 0 Å². The van der Waals surface area contributed by atoms with Crippen LogP contribution >= 0.6 is 0 Å². The summed E-state index contributed by atoms with van der Waals surface area (Å²) in [7, 11) is 0. The molecule has 14 heavy (non-hydrogen) atoms. The lowest BCUT2D eigenvalue weighted by Gasteiger charge is -2.42. The van der Waals surface area contributed by atoms with Gasteiger partial charge in [0.15, 0.2) is 0 Å². The number of nitrogens with zero attached hydrogens (tertiary/aromatic N) is 1. The van der Waals surface area contributed by atoms with Gasteiger partial charge >= 0.3 is 0 Å². The summed E-state index contributed by atoms with van der Waals surface area (Å²) < 4.78 is 5.29. The molecule has 0 radical (unpaired) electrons. The third kappa shape index (κ3) is 1.34. The fourth-order valence-corrected chi connectivity index (χ4v) is 2.74. The van der Waals surface area contributed by atoms with Crippen LogP contribution in [-0.2, 0) is 4.74 Å². The zero-order chi connectivity index (χ0) is 10.1. The van der Waals surface area contributed by atoms with E-state index >= 15 is 0 Å². The third-order valence-corrected chi connectivity index (χ3v) is 3.81. The van der Waals surface area contributed by atoms with Gasteiger partial charge in [-0.3, -0.25) is 0 Å². The van der Waals surface area contributed by atoms with E-state index in [2.05, 4.69) is 6.07 Å². The van der Waals surface area contributed by atoms with Gasteiger partial charge < -0.3 is 9.84 Å². The van der Waals surface area contributed by atoms with Crippen LogP contribution in [0.15, 0.2) is 0 Å². The summed E-state index contributed by atoms with van der Waals surface area (Å²) in [5.74, 6) is 0. The smallest absolute Gasteiger partial charge is 0.111 e. The average molecular weight is 195 g/mol. The van der Waals surface area contributed by atoms with Gasteiger partial charge in [-0.25, -0.2) is 0 Å². The summed E-state index contributed by atoms with van der Waals surface area (Å²) in [6, 6.07) is 2.31. The Balaban J connectivity index is 2.21. The number of hydrogen-bond donors (Lipinski definition) is 1. The SMILES string of the molecule is N#CC1(C2(O)CCCCC2)CCOC1. The second-order valence-corrected chi connectivity index (χ2v) is 4.59. The minimum Gasteiger partial charge on any atom is -0.388 e. The molecule has 2 aliphatic rings. The number of rotatable bonds is 1. The lowest BCUT2D eigenvalue weighted by molar-refractivity contribution is -0.0838. The Morgan fingerprint density at radius 1 is 1.14 bits per heavy atom. The quantitative estimate of drug-likeness (QED) is 0.691. The van der Waals surface area contributed by atoms with Gasteiger partial charge in [0.05, 0.1) is 18.3 Å². The van der Waals surface area contributed by atoms with Gasteiger partial charge in [0.1, 0.15) is 5.41 Å². The highest BCUT2D eigenvalue weighted by atomic mass is 16.5. The highest BCUT2D eigenvalue weighted by molar-refractivity contribution is 5.14. The standard InChI is InChI=1S/C11H17NO2/c12-8-10(6-7-14-9-10)11(13)4-2-1-3-5-11/h13H,1-7,9H2. The fraction of sp³-hybridized carbons (Fsp3) is 0.909. The largest absolute Gasteiger partial charge is 0.388 e. The van der Waals surface area contributed by atoms with E-state index in [1.54, 1.807) is 0 Å². The molecule has 3 nitrogen and oxygen atoms in total. The summed E-state index contributed by atoms with van der Waals surface area (Å²) in [5, 5.41) is 19.8. The molecular weight excluding hydrogens is 178 g/mol. The first kappa shape index (κ1) is 9.95. The molecule has 0 spiro atoms. The highest BCUT2D eigenvalue weighted by Crippen LogP contribution is 2.46. The Bertz CT molecular complexity index is 245. The summed E-state index contributed by atoms with van der Waals surface area (Å²) in [6.07, 6.45) is 5.50. The Hall–Kier alpha value is -0.590. The second kappa shape index (κ2) is 3.52. The maximum atomic E-state index is 10.5. The lowest BCUT2D eigenvalue weighted by Crippen LogP contribution is -2.49. The maximum absolute atomic E-state index is 10.5. The second-order valence-electron chi connectivity index (χ2n) is 4.59. The molecule has 0 bridgehead atoms. The van der Waals surface area contributed by atoms with Crippen LogP contribution in [0.3, 0.4) is 0 Å². The van der Waals surface area contributed by atoms with E-state index < -0.39 is 11.0 Å². The summed E-state index contributed by atoms with van der Waals surface area (Å²) in [5.41, 5.74) is -1.40. The number of ether oxygens (including phenoxy) is 1. The van der Waals surface area contributed by atoms with Crippen molar-refractivity contribution < 1.29 is 9.84 Å². The normalized spacial score (nSPS) is 36.6. The molecule has 3 heteroatoms. The van der Waals surface area contributed by atoms with Gasteiger partial charge in [0.25, 0.3) is 0 Å². The molecule has 2 fully saturated rings. The minimum atomic E-state index is -0.781. The number of hydrogen-bond acceptors (Lipinski definition) is 3. The van der Waals surface area contributed by atoms with E-state index in [4.69, 9.17) is 4.74 Å². The molecule has 1 atom stereocenters. The van der Waals surface area contributed by atoms with Crippen molar-refractivity contribution in [3.05, 3.63) is 0 Å². The zero-order valence-electron chi connectivity index (χ0n) is 8.46. The van der Waals surface area contributed by atoms with Gasteiger partial charge in [-0.1, -0.05) is 19.3 Å². The molecule has 1 aliphatic heterocycles. The van der Waals surface area contributed by atoms with Crippen LogP contribution in [0.2, 0.25) is 0 Å². The number of aliphatic hydroxyl groups is 1. The van der Waals surface area contributed by atoms with Crippen molar-refractivity contribution in [2.75, 3.05) is 13.2 Å². The first-order valence-electron chi connectivity index (χ1n) is 5.44. The van der Waals surface area contributed by atoms with E-state index in [9.17, 15) is 10.4 Å². The average Bonchev–Trinajstić information content (AvgIpc) is 2.68. The van der Waals surface area contributed by atoms with E-state index in [1.165, 1.54) is 6.42 Å². The lowest BCUT2D eigenvalue weighted by atomic mass is 9.65. The van der Waals surface area contributed by atoms with Crippen LogP contribution < -0.4 is 0 Å². The molecule has 2 rings (SSSR count). The molecular formula is C11H17NO2. The molecule has 1 unspecified atom stereocenters. The monoisotopic (exact) mass is 195 g/mol. The molecule has 78 valence electrons. The Kier molecular flexibility index (Phi) is 2.50. The molecule has 0 aromatic carbocycles. The van der Waals surface area contributed by atoms with E-state index in [-0.39, 0.29) is 0 Å². The molecule has 1 saturated heterocycles. The fourth-order valence-electron chi connectivity index (χ4n) is 2.74. The van der Waals surface area contributed by atoms with Crippen LogP contribution in [-0.4, -0.2) is 23.9 Å². The molecule has 0 amide bonds. The van der Waals surface area contributed by atoms with Crippen LogP contribution in [0.4, 0.5) is 0 Å². The minimum absolute atomic E-state index is 0.417. The topological polar surface area (TPSA) is 53.2 Å². The molecule has 1 heterocycles. The van der Waals surface area contributed by atoms with Gasteiger partial charge in [-0.2, -0.15) is 5.26 Å². The van der Waals surface area contributed by atoms with Gasteiger partial charge in [0.2, 0.25) is 0 Å². The van der Waals surface area contributed by atoms with Crippen LogP contribution in [0.25, 0.3) is 0 Å². The van der Waals surface area contributed by atoms with Gasteiger partial charge in [-0.05, 0) is 19.3 Å². The zero-order valence-corrected chi connectivity index (χ0v) is 8.46. The third-order valence-electron chi connectivity index (χ3n) is 3.81. The van der Waals surface area contributed by atoms with Gasteiger partial charge in [-0.15, -0.1) is 0 Å². The first-order chi connectivity index (χ1) is 6.72. The Morgan fingerprint density at radius 3 is 2.36 bits per heavy atom. The van der Waals surface area contributed by atoms with Crippen LogP contribution in [0.1, 0.15) is 38.5 Å². The molecule has 1 saturated carbocycles. The van der Waals surface area contributed by atoms with E-state index in [0.717, 1.165) is 25.7 Å². The van der Waals surface area contributed by atoms with Crippen molar-refractivity contribution in [3.8, 4) is 6.07 Å². The predicted octanol–water partition coefficient (Wildman–Crippen LogP) is 1.61. The molecule has 0 aromatic heterocycles. The summed E-state index contributed by atoms with van der Waals surface area (Å²) in [4.78, 5) is 0. The van der Waals surface area contributed by atoms with Crippen molar-refractivity contribution in [3.63, 3.8) is 0 Å². The van der Waals surface area contributed by atoms with E-state index in [1.807, 2.05) is 0 Å². The van der Waals surface area contributed by atoms with Crippen LogP contribution in [0, 0.1) is 16.7 Å². The summed E-state index contributed by atoms with van der Waals surface area (Å²) >= 11 is 0. The van der Waals surface area contributed by atoms with Crippen LogP contribution in [0.5, 0.6) is 0 Å². The van der Waals surface area contributed by atoms with Crippen molar-refractivity contribution in [1.29, 1.82) is 5.26 Å². The van der Waals surface area contributed by atoms with E-state index in [0.29, 0.717) is 19.6 Å². The molecule has 0 aromatic rings. The first-order valence-corrected chi connectivity index (χ1v) is 5.44. The predicted molar refractivity (Wildman–Crippen MR) is 51.5 cm³/mol. The Morgan fingerprint density at radius 2 is 1.86 bits per heavy atom. The van der Waals surface area contributed by atoms with Gasteiger partial charge in [0, 0.05) is 6.61 Å². The summed E-state index contributed by atoms with van der Waals surface area (Å²) in [6.45, 7) is 1.04. The maximum Gasteiger partial charge on any atom is 0.111 e. The highest BCUT2D eigenvalue weighted by Gasteiger charge is 2.53. The Labute approximate surface area is 84.7 Å². The molecule has 1 N–H and O–H groups in total. The molecule has 1 aliphatic carbocycles. The van der Waals surface area contributed by atoms with Crippen molar-refractivity contribution in [2.24, 2.45) is 5.41 Å². The van der Waals surface area contributed by atoms with Crippen molar-refractivity contribution >= 4 is 0 Å².